The molecule has 18 heavy (non-hydrogen) atoms. The Morgan fingerprint density at radius 2 is 2.11 bits per heavy atom. The quantitative estimate of drug-likeness (QED) is 0.834. The number of carboxylic acids is 1. The molecule has 1 aliphatic rings. The molecule has 1 aromatic rings. The minimum Gasteiger partial charge on any atom is -0.480 e. The topological polar surface area (TPSA) is 57.6 Å². The van der Waals surface area contributed by atoms with E-state index in [0.717, 1.165) is 12.8 Å². The van der Waals surface area contributed by atoms with Crippen molar-refractivity contribution in [1.82, 2.24) is 4.90 Å². The van der Waals surface area contributed by atoms with Crippen molar-refractivity contribution >= 4 is 34.5 Å². The zero-order valence-corrected chi connectivity index (χ0v) is 11.6. The predicted molar refractivity (Wildman–Crippen MR) is 70.8 cm³/mol. The molecule has 0 bridgehead atoms. The number of aliphatic carboxylic acids is 1. The molecule has 96 valence electrons. The van der Waals surface area contributed by atoms with Crippen LogP contribution in [0.25, 0.3) is 0 Å². The fraction of sp³-hybridized carbons (Fsp3) is 0.333. The zero-order valence-electron chi connectivity index (χ0n) is 9.40. The molecule has 1 amide bonds. The van der Waals surface area contributed by atoms with Crippen molar-refractivity contribution in [2.75, 3.05) is 6.54 Å². The van der Waals surface area contributed by atoms with E-state index >= 15 is 0 Å². The van der Waals surface area contributed by atoms with Crippen LogP contribution < -0.4 is 0 Å². The second-order valence-corrected chi connectivity index (χ2v) is 5.34. The fourth-order valence-electron chi connectivity index (χ4n) is 1.72. The Balaban J connectivity index is 2.24. The number of benzene rings is 1. The molecule has 0 radical (unpaired) electrons. The summed E-state index contributed by atoms with van der Waals surface area (Å²) >= 11 is 1.88. The highest BCUT2D eigenvalue weighted by Gasteiger charge is 2.34. The Hall–Kier alpha value is -1.18. The van der Waals surface area contributed by atoms with Gasteiger partial charge in [-0.1, -0.05) is 0 Å². The molecule has 1 aromatic carbocycles. The van der Waals surface area contributed by atoms with Gasteiger partial charge in [-0.05, 0) is 53.6 Å². The lowest BCUT2D eigenvalue weighted by molar-refractivity contribution is -0.137. The van der Waals surface area contributed by atoms with Crippen LogP contribution in [0.1, 0.15) is 23.2 Å². The van der Waals surface area contributed by atoms with Gasteiger partial charge in [-0.25, -0.2) is 4.39 Å². The summed E-state index contributed by atoms with van der Waals surface area (Å²) in [6.45, 7) is -0.309. The molecule has 0 unspecified atom stereocenters. The standard InChI is InChI=1S/C12H11FINO3/c13-7-1-4-9(10(14)5-7)12(18)15(6-11(16)17)8-2-3-8/h1,4-5,8H,2-3,6H2,(H,16,17). The summed E-state index contributed by atoms with van der Waals surface area (Å²) in [7, 11) is 0. The Morgan fingerprint density at radius 3 is 2.61 bits per heavy atom. The van der Waals surface area contributed by atoms with Gasteiger partial charge in [-0.3, -0.25) is 9.59 Å². The lowest BCUT2D eigenvalue weighted by atomic mass is 10.2. The Kier molecular flexibility index (Phi) is 3.84. The van der Waals surface area contributed by atoms with Crippen molar-refractivity contribution in [2.24, 2.45) is 0 Å². The van der Waals surface area contributed by atoms with Gasteiger partial charge in [-0.15, -0.1) is 0 Å². The maximum atomic E-state index is 13.0. The summed E-state index contributed by atoms with van der Waals surface area (Å²) in [5.74, 6) is -1.79. The monoisotopic (exact) mass is 363 g/mol. The van der Waals surface area contributed by atoms with Crippen molar-refractivity contribution in [3.05, 3.63) is 33.1 Å². The number of nitrogens with zero attached hydrogens (tertiary/aromatic N) is 1. The molecule has 1 N–H and O–H groups in total. The van der Waals surface area contributed by atoms with Crippen LogP contribution in [0.15, 0.2) is 18.2 Å². The van der Waals surface area contributed by atoms with Gasteiger partial charge >= 0.3 is 5.97 Å². The molecule has 0 aliphatic heterocycles. The lowest BCUT2D eigenvalue weighted by Gasteiger charge is -2.20. The van der Waals surface area contributed by atoms with Crippen LogP contribution in [0.4, 0.5) is 4.39 Å². The molecule has 0 saturated heterocycles. The number of hydrogen-bond acceptors (Lipinski definition) is 2. The van der Waals surface area contributed by atoms with Gasteiger partial charge in [0.25, 0.3) is 5.91 Å². The summed E-state index contributed by atoms with van der Waals surface area (Å²) < 4.78 is 13.5. The second kappa shape index (κ2) is 5.21. The molecule has 2 rings (SSSR count). The van der Waals surface area contributed by atoms with E-state index in [1.54, 1.807) is 0 Å². The van der Waals surface area contributed by atoms with Crippen LogP contribution in [0, 0.1) is 9.39 Å². The van der Waals surface area contributed by atoms with Crippen molar-refractivity contribution in [3.8, 4) is 0 Å². The highest BCUT2D eigenvalue weighted by atomic mass is 127. The molecule has 1 aliphatic carbocycles. The van der Waals surface area contributed by atoms with Crippen LogP contribution in [0.3, 0.4) is 0 Å². The molecule has 4 nitrogen and oxygen atoms in total. The first-order valence-electron chi connectivity index (χ1n) is 5.47. The Labute approximate surface area is 117 Å². The first-order chi connectivity index (χ1) is 8.49. The number of hydrogen-bond donors (Lipinski definition) is 1. The number of carbonyl (C=O) groups is 2. The minimum atomic E-state index is -1.03. The van der Waals surface area contributed by atoms with E-state index in [2.05, 4.69) is 0 Å². The summed E-state index contributed by atoms with van der Waals surface area (Å²) in [6, 6.07) is 3.88. The van der Waals surface area contributed by atoms with Crippen molar-refractivity contribution in [2.45, 2.75) is 18.9 Å². The Bertz CT molecular complexity index is 502. The Morgan fingerprint density at radius 1 is 1.44 bits per heavy atom. The first kappa shape index (κ1) is 13.3. The average molecular weight is 363 g/mol. The SMILES string of the molecule is O=C(O)CN(C(=O)c1ccc(F)cc1I)C1CC1. The summed E-state index contributed by atoms with van der Waals surface area (Å²) in [5, 5.41) is 8.81. The molecule has 1 fully saturated rings. The van der Waals surface area contributed by atoms with E-state index in [4.69, 9.17) is 5.11 Å². The maximum Gasteiger partial charge on any atom is 0.323 e. The van der Waals surface area contributed by atoms with E-state index in [1.165, 1.54) is 23.1 Å². The first-order valence-corrected chi connectivity index (χ1v) is 6.54. The van der Waals surface area contributed by atoms with E-state index in [0.29, 0.717) is 9.13 Å². The van der Waals surface area contributed by atoms with Gasteiger partial charge < -0.3 is 10.0 Å². The van der Waals surface area contributed by atoms with Crippen molar-refractivity contribution in [3.63, 3.8) is 0 Å². The molecule has 0 aromatic heterocycles. The molecule has 0 spiro atoms. The second-order valence-electron chi connectivity index (χ2n) is 4.18. The van der Waals surface area contributed by atoms with E-state index < -0.39 is 11.8 Å². The number of rotatable bonds is 4. The van der Waals surface area contributed by atoms with E-state index in [-0.39, 0.29) is 18.5 Å². The zero-order chi connectivity index (χ0) is 13.3. The third-order valence-corrected chi connectivity index (χ3v) is 3.61. The summed E-state index contributed by atoms with van der Waals surface area (Å²) in [6.07, 6.45) is 1.66. The third-order valence-electron chi connectivity index (χ3n) is 2.72. The minimum absolute atomic E-state index is 0.00875. The average Bonchev–Trinajstić information content (AvgIpc) is 3.08. The molecular weight excluding hydrogens is 352 g/mol. The van der Waals surface area contributed by atoms with Crippen LogP contribution >= 0.6 is 22.6 Å². The molecule has 1 saturated carbocycles. The van der Waals surface area contributed by atoms with Crippen LogP contribution in [0.5, 0.6) is 0 Å². The van der Waals surface area contributed by atoms with Crippen LogP contribution in [-0.2, 0) is 4.79 Å². The van der Waals surface area contributed by atoms with Crippen LogP contribution in [-0.4, -0.2) is 34.5 Å². The largest absolute Gasteiger partial charge is 0.480 e. The van der Waals surface area contributed by atoms with Gasteiger partial charge in [-0.2, -0.15) is 0 Å². The number of carbonyl (C=O) groups excluding carboxylic acids is 1. The summed E-state index contributed by atoms with van der Waals surface area (Å²) in [4.78, 5) is 24.3. The van der Waals surface area contributed by atoms with Crippen molar-refractivity contribution in [1.29, 1.82) is 0 Å². The van der Waals surface area contributed by atoms with Crippen molar-refractivity contribution < 1.29 is 19.1 Å². The molecule has 0 heterocycles. The number of carboxylic acid groups (broad SMARTS) is 1. The summed E-state index contributed by atoms with van der Waals surface area (Å²) in [5.41, 5.74) is 0.352. The normalized spacial score (nSPS) is 14.3. The molecule has 0 atom stereocenters. The molecular formula is C12H11FINO3. The lowest BCUT2D eigenvalue weighted by Crippen LogP contribution is -2.37. The van der Waals surface area contributed by atoms with Gasteiger partial charge in [0.1, 0.15) is 12.4 Å². The highest BCUT2D eigenvalue weighted by molar-refractivity contribution is 14.1. The molecule has 6 heteroatoms. The number of halogens is 2. The highest BCUT2D eigenvalue weighted by Crippen LogP contribution is 2.29. The predicted octanol–water partition coefficient (Wildman–Crippen LogP) is 2.12. The smallest absolute Gasteiger partial charge is 0.323 e. The van der Waals surface area contributed by atoms with Crippen LogP contribution in [0.2, 0.25) is 0 Å². The number of amides is 1. The third kappa shape index (κ3) is 2.98. The maximum absolute atomic E-state index is 13.0. The van der Waals surface area contributed by atoms with E-state index in [1.807, 2.05) is 22.6 Å². The van der Waals surface area contributed by atoms with E-state index in [9.17, 15) is 14.0 Å². The van der Waals surface area contributed by atoms with Gasteiger partial charge in [0.15, 0.2) is 0 Å². The van der Waals surface area contributed by atoms with Gasteiger partial charge in [0.2, 0.25) is 0 Å². The fourth-order valence-corrected chi connectivity index (χ4v) is 2.42. The van der Waals surface area contributed by atoms with Gasteiger partial charge in [0, 0.05) is 9.61 Å². The van der Waals surface area contributed by atoms with Gasteiger partial charge in [0.05, 0.1) is 5.56 Å².